The molecule has 0 fully saturated rings. The number of methoxy groups -OCH3 is 1. The summed E-state index contributed by atoms with van der Waals surface area (Å²) < 4.78 is 5.39. The van der Waals surface area contributed by atoms with Gasteiger partial charge in [-0.1, -0.05) is 23.7 Å². The van der Waals surface area contributed by atoms with Gasteiger partial charge < -0.3 is 10.5 Å². The molecule has 0 aliphatic rings. The van der Waals surface area contributed by atoms with E-state index >= 15 is 0 Å². The van der Waals surface area contributed by atoms with E-state index in [4.69, 9.17) is 22.1 Å². The van der Waals surface area contributed by atoms with Crippen molar-refractivity contribution in [3.05, 3.63) is 41.3 Å². The lowest BCUT2D eigenvalue weighted by Crippen LogP contribution is -1.99. The van der Waals surface area contributed by atoms with E-state index < -0.39 is 0 Å². The number of aromatic nitrogens is 3. The van der Waals surface area contributed by atoms with Crippen LogP contribution in [0.25, 0.3) is 22.0 Å². The lowest BCUT2D eigenvalue weighted by molar-refractivity contribution is 0.400. The van der Waals surface area contributed by atoms with Crippen LogP contribution in [0, 0.1) is 6.92 Å². The molecule has 3 rings (SSSR count). The maximum absolute atomic E-state index is 6.22. The Balaban J connectivity index is 2.45. The minimum atomic E-state index is 0.385. The Bertz CT molecular complexity index is 835. The Hall–Kier alpha value is -2.40. The van der Waals surface area contributed by atoms with Crippen molar-refractivity contribution in [2.75, 3.05) is 12.8 Å². The highest BCUT2D eigenvalue weighted by molar-refractivity contribution is 6.31. The van der Waals surface area contributed by atoms with Crippen LogP contribution < -0.4 is 10.5 Å². The van der Waals surface area contributed by atoms with E-state index in [2.05, 4.69) is 15.0 Å². The molecule has 2 heterocycles. The van der Waals surface area contributed by atoms with Crippen LogP contribution in [-0.2, 0) is 0 Å². The van der Waals surface area contributed by atoms with Gasteiger partial charge in [-0.15, -0.1) is 0 Å². The summed E-state index contributed by atoms with van der Waals surface area (Å²) in [6, 6.07) is 5.68. The Morgan fingerprint density at radius 1 is 1.19 bits per heavy atom. The zero-order chi connectivity index (χ0) is 15.0. The number of rotatable bonds is 2. The van der Waals surface area contributed by atoms with Crippen LogP contribution >= 0.6 is 11.6 Å². The van der Waals surface area contributed by atoms with E-state index in [1.165, 1.54) is 6.33 Å². The molecule has 5 nitrogen and oxygen atoms in total. The minimum Gasteiger partial charge on any atom is -0.480 e. The highest BCUT2D eigenvalue weighted by Gasteiger charge is 2.17. The molecule has 2 aromatic heterocycles. The molecule has 6 heteroatoms. The summed E-state index contributed by atoms with van der Waals surface area (Å²) in [5, 5.41) is 1.36. The van der Waals surface area contributed by atoms with Crippen molar-refractivity contribution in [3.8, 4) is 17.0 Å². The third kappa shape index (κ3) is 2.15. The van der Waals surface area contributed by atoms with Gasteiger partial charge in [0.05, 0.1) is 23.6 Å². The van der Waals surface area contributed by atoms with Gasteiger partial charge in [0.1, 0.15) is 12.1 Å². The topological polar surface area (TPSA) is 73.9 Å². The maximum Gasteiger partial charge on any atom is 0.223 e. The fourth-order valence-electron chi connectivity index (χ4n) is 2.30. The number of anilines is 1. The first-order chi connectivity index (χ1) is 10.1. The zero-order valence-electron chi connectivity index (χ0n) is 11.6. The molecule has 0 unspecified atom stereocenters. The number of fused-ring (bicyclic) bond motifs is 1. The second-order valence-electron chi connectivity index (χ2n) is 4.58. The van der Waals surface area contributed by atoms with Crippen molar-refractivity contribution in [3.63, 3.8) is 0 Å². The van der Waals surface area contributed by atoms with Crippen molar-refractivity contribution < 1.29 is 4.74 Å². The number of benzene rings is 1. The highest BCUT2D eigenvalue weighted by Crippen LogP contribution is 2.38. The first-order valence-electron chi connectivity index (χ1n) is 6.32. The fourth-order valence-corrected chi connectivity index (χ4v) is 2.48. The summed E-state index contributed by atoms with van der Waals surface area (Å²) in [5.41, 5.74) is 9.21. The van der Waals surface area contributed by atoms with Gasteiger partial charge in [0.2, 0.25) is 5.88 Å². The van der Waals surface area contributed by atoms with Crippen molar-refractivity contribution in [2.45, 2.75) is 6.92 Å². The molecule has 0 aliphatic heterocycles. The van der Waals surface area contributed by atoms with Crippen molar-refractivity contribution in [1.29, 1.82) is 0 Å². The van der Waals surface area contributed by atoms with Gasteiger partial charge in [-0.2, -0.15) is 0 Å². The molecule has 0 atom stereocenters. The molecule has 0 saturated carbocycles. The van der Waals surface area contributed by atoms with E-state index in [1.807, 2.05) is 25.1 Å². The number of nitrogens with two attached hydrogens (primary N) is 1. The molecule has 2 N–H and O–H groups in total. The average Bonchev–Trinajstić information content (AvgIpc) is 2.49. The molecule has 0 amide bonds. The van der Waals surface area contributed by atoms with E-state index in [9.17, 15) is 0 Å². The van der Waals surface area contributed by atoms with Crippen LogP contribution in [0.15, 0.2) is 30.7 Å². The molecule has 0 aliphatic carbocycles. The van der Waals surface area contributed by atoms with E-state index in [-0.39, 0.29) is 0 Å². The number of halogens is 1. The van der Waals surface area contributed by atoms with Gasteiger partial charge in [0, 0.05) is 11.2 Å². The van der Waals surface area contributed by atoms with E-state index in [1.54, 1.807) is 13.3 Å². The summed E-state index contributed by atoms with van der Waals surface area (Å²) in [6.45, 7) is 1.94. The second-order valence-corrected chi connectivity index (χ2v) is 4.98. The molecule has 0 bridgehead atoms. The second kappa shape index (κ2) is 5.18. The standard InChI is InChI=1S/C15H13ClN4O/c1-8-9(4-3-5-11(8)16)12-13-10(6-18-15(12)21-2)14(17)20-7-19-13/h3-7H,1-2H3,(H2,17,19,20). The molecule has 0 radical (unpaired) electrons. The van der Waals surface area contributed by atoms with Gasteiger partial charge in [-0.25, -0.2) is 15.0 Å². The summed E-state index contributed by atoms with van der Waals surface area (Å²) in [5.74, 6) is 0.863. The van der Waals surface area contributed by atoms with Crippen LogP contribution in [0.1, 0.15) is 5.56 Å². The van der Waals surface area contributed by atoms with E-state index in [0.29, 0.717) is 27.6 Å². The van der Waals surface area contributed by atoms with Crippen LogP contribution in [0.5, 0.6) is 5.88 Å². The van der Waals surface area contributed by atoms with Gasteiger partial charge in [-0.05, 0) is 24.1 Å². The maximum atomic E-state index is 6.22. The molecule has 0 spiro atoms. The Morgan fingerprint density at radius 3 is 2.76 bits per heavy atom. The predicted molar refractivity (Wildman–Crippen MR) is 83.5 cm³/mol. The molecular formula is C15H13ClN4O. The number of pyridine rings is 1. The number of hydrogen-bond acceptors (Lipinski definition) is 5. The minimum absolute atomic E-state index is 0.385. The van der Waals surface area contributed by atoms with E-state index in [0.717, 1.165) is 16.7 Å². The average molecular weight is 301 g/mol. The van der Waals surface area contributed by atoms with Crippen molar-refractivity contribution in [2.24, 2.45) is 0 Å². The number of ether oxygens (including phenoxy) is 1. The Labute approximate surface area is 126 Å². The number of hydrogen-bond donors (Lipinski definition) is 1. The molecule has 106 valence electrons. The fraction of sp³-hybridized carbons (Fsp3) is 0.133. The lowest BCUT2D eigenvalue weighted by Gasteiger charge is -2.13. The molecule has 3 aromatic rings. The van der Waals surface area contributed by atoms with Gasteiger partial charge in [-0.3, -0.25) is 0 Å². The molecule has 1 aromatic carbocycles. The number of nitrogens with zero attached hydrogens (tertiary/aromatic N) is 3. The van der Waals surface area contributed by atoms with Crippen LogP contribution in [0.3, 0.4) is 0 Å². The summed E-state index contributed by atoms with van der Waals surface area (Å²) >= 11 is 6.22. The first kappa shape index (κ1) is 13.6. The van der Waals surface area contributed by atoms with Crippen LogP contribution in [0.2, 0.25) is 5.02 Å². The Kier molecular flexibility index (Phi) is 3.35. The summed E-state index contributed by atoms with van der Waals surface area (Å²) in [4.78, 5) is 12.6. The zero-order valence-corrected chi connectivity index (χ0v) is 12.3. The highest BCUT2D eigenvalue weighted by atomic mass is 35.5. The molecular weight excluding hydrogens is 288 g/mol. The van der Waals surface area contributed by atoms with Crippen LogP contribution in [0.4, 0.5) is 5.82 Å². The van der Waals surface area contributed by atoms with Gasteiger partial charge >= 0.3 is 0 Å². The van der Waals surface area contributed by atoms with Gasteiger partial charge in [0.15, 0.2) is 0 Å². The smallest absolute Gasteiger partial charge is 0.223 e. The third-order valence-electron chi connectivity index (χ3n) is 3.41. The van der Waals surface area contributed by atoms with Crippen molar-refractivity contribution >= 4 is 28.3 Å². The quantitative estimate of drug-likeness (QED) is 0.786. The lowest BCUT2D eigenvalue weighted by atomic mass is 9.99. The molecule has 0 saturated heterocycles. The normalized spacial score (nSPS) is 10.8. The Morgan fingerprint density at radius 2 is 2.00 bits per heavy atom. The monoisotopic (exact) mass is 300 g/mol. The number of nitrogen functional groups attached to an aromatic ring is 1. The largest absolute Gasteiger partial charge is 0.480 e. The summed E-state index contributed by atoms with van der Waals surface area (Å²) in [7, 11) is 1.57. The van der Waals surface area contributed by atoms with Crippen molar-refractivity contribution in [1.82, 2.24) is 15.0 Å². The molecule has 21 heavy (non-hydrogen) atoms. The SMILES string of the molecule is COc1ncc2c(N)ncnc2c1-c1cccc(Cl)c1C. The predicted octanol–water partition coefficient (Wildman–Crippen LogP) is 3.24. The van der Waals surface area contributed by atoms with Gasteiger partial charge in [0.25, 0.3) is 0 Å². The van der Waals surface area contributed by atoms with Crippen LogP contribution in [-0.4, -0.2) is 22.1 Å². The first-order valence-corrected chi connectivity index (χ1v) is 6.70. The third-order valence-corrected chi connectivity index (χ3v) is 3.82. The summed E-state index contributed by atoms with van der Waals surface area (Å²) in [6.07, 6.45) is 3.05.